The van der Waals surface area contributed by atoms with Crippen LogP contribution in [0.25, 0.3) is 0 Å². The van der Waals surface area contributed by atoms with Crippen molar-refractivity contribution in [3.05, 3.63) is 65.5 Å². The fraction of sp³-hybridized carbons (Fsp3) is 0.389. The molecule has 2 atom stereocenters. The fourth-order valence-corrected chi connectivity index (χ4v) is 2.81. The average molecular weight is 283 g/mol. The third-order valence-electron chi connectivity index (χ3n) is 3.91. The largest absolute Gasteiger partial charge is 0.326 e. The molecule has 3 heteroatoms. The molecule has 0 bridgehead atoms. The van der Waals surface area contributed by atoms with E-state index in [1.54, 1.807) is 0 Å². The van der Waals surface area contributed by atoms with Gasteiger partial charge in [-0.15, -0.1) is 0 Å². The first-order valence-electron chi connectivity index (χ1n) is 7.53. The second-order valence-electron chi connectivity index (χ2n) is 5.70. The Morgan fingerprint density at radius 3 is 2.52 bits per heavy atom. The molecule has 0 saturated heterocycles. The zero-order valence-corrected chi connectivity index (χ0v) is 13.2. The molecule has 1 aromatic carbocycles. The van der Waals surface area contributed by atoms with Gasteiger partial charge < -0.3 is 5.73 Å². The van der Waals surface area contributed by atoms with Gasteiger partial charge in [-0.05, 0) is 43.7 Å². The van der Waals surface area contributed by atoms with E-state index in [1.807, 2.05) is 12.4 Å². The third kappa shape index (κ3) is 4.13. The minimum Gasteiger partial charge on any atom is -0.326 e. The molecule has 2 N–H and O–H groups in total. The number of hydrogen-bond acceptors (Lipinski definition) is 3. The highest BCUT2D eigenvalue weighted by molar-refractivity contribution is 5.23. The lowest BCUT2D eigenvalue weighted by atomic mass is 9.97. The Balaban J connectivity index is 2.20. The van der Waals surface area contributed by atoms with Gasteiger partial charge >= 0.3 is 0 Å². The van der Waals surface area contributed by atoms with Gasteiger partial charge in [0.15, 0.2) is 0 Å². The molecule has 21 heavy (non-hydrogen) atoms. The minimum atomic E-state index is 0.113. The van der Waals surface area contributed by atoms with Crippen LogP contribution in [0.2, 0.25) is 0 Å². The van der Waals surface area contributed by atoms with Crippen molar-refractivity contribution >= 4 is 0 Å². The summed E-state index contributed by atoms with van der Waals surface area (Å²) in [6.07, 6.45) is 4.63. The summed E-state index contributed by atoms with van der Waals surface area (Å²) in [6, 6.07) is 13.1. The van der Waals surface area contributed by atoms with Crippen LogP contribution < -0.4 is 5.73 Å². The molecule has 0 fully saturated rings. The van der Waals surface area contributed by atoms with Crippen LogP contribution in [0.4, 0.5) is 0 Å². The van der Waals surface area contributed by atoms with Gasteiger partial charge in [0.1, 0.15) is 0 Å². The number of hydrogen-bond donors (Lipinski definition) is 1. The number of aromatic nitrogens is 1. The molecule has 2 rings (SSSR count). The Morgan fingerprint density at radius 1 is 1.19 bits per heavy atom. The zero-order valence-electron chi connectivity index (χ0n) is 13.2. The van der Waals surface area contributed by atoms with Crippen molar-refractivity contribution in [2.24, 2.45) is 5.73 Å². The van der Waals surface area contributed by atoms with Crippen molar-refractivity contribution in [1.29, 1.82) is 0 Å². The number of nitrogens with two attached hydrogens (primary N) is 1. The Kier molecular flexibility index (Phi) is 5.48. The van der Waals surface area contributed by atoms with Crippen LogP contribution >= 0.6 is 0 Å². The lowest BCUT2D eigenvalue weighted by molar-refractivity contribution is 0.201. The van der Waals surface area contributed by atoms with Crippen molar-refractivity contribution in [2.45, 2.75) is 38.9 Å². The normalized spacial score (nSPS) is 14.1. The second kappa shape index (κ2) is 7.34. The Bertz CT molecular complexity index is 553. The zero-order chi connectivity index (χ0) is 15.2. The molecule has 0 spiro atoms. The van der Waals surface area contributed by atoms with E-state index in [9.17, 15) is 0 Å². The molecule has 0 radical (unpaired) electrons. The molecule has 0 saturated carbocycles. The molecular weight excluding hydrogens is 258 g/mol. The predicted octanol–water partition coefficient (Wildman–Crippen LogP) is 3.30. The van der Waals surface area contributed by atoms with Gasteiger partial charge in [0, 0.05) is 25.0 Å². The number of nitrogens with zero attached hydrogens (tertiary/aromatic N) is 2. The quantitative estimate of drug-likeness (QED) is 0.884. The Labute approximate surface area is 127 Å². The molecule has 2 unspecified atom stereocenters. The Morgan fingerprint density at radius 2 is 1.90 bits per heavy atom. The molecule has 0 aliphatic carbocycles. The first-order valence-corrected chi connectivity index (χ1v) is 7.53. The number of likely N-dealkylation sites (N-methyl/N-ethyl adjacent to an activating group) is 1. The van der Waals surface area contributed by atoms with E-state index in [4.69, 9.17) is 5.73 Å². The highest BCUT2D eigenvalue weighted by atomic mass is 15.1. The molecule has 1 heterocycles. The lowest BCUT2D eigenvalue weighted by Gasteiger charge is -2.32. The van der Waals surface area contributed by atoms with Crippen molar-refractivity contribution < 1.29 is 0 Å². The summed E-state index contributed by atoms with van der Waals surface area (Å²) in [7, 11) is 2.14. The van der Waals surface area contributed by atoms with Crippen LogP contribution in [0.1, 0.15) is 36.1 Å². The van der Waals surface area contributed by atoms with Gasteiger partial charge in [0.25, 0.3) is 0 Å². The van der Waals surface area contributed by atoms with E-state index in [0.29, 0.717) is 0 Å². The van der Waals surface area contributed by atoms with Crippen molar-refractivity contribution in [3.8, 4) is 0 Å². The van der Waals surface area contributed by atoms with E-state index in [2.05, 4.69) is 67.2 Å². The summed E-state index contributed by atoms with van der Waals surface area (Å²) in [5.41, 5.74) is 10.2. The topological polar surface area (TPSA) is 42.1 Å². The number of pyridine rings is 1. The van der Waals surface area contributed by atoms with Crippen LogP contribution in [0.5, 0.6) is 0 Å². The molecule has 2 aromatic rings. The minimum absolute atomic E-state index is 0.113. The molecule has 0 aliphatic rings. The monoisotopic (exact) mass is 283 g/mol. The van der Waals surface area contributed by atoms with Crippen LogP contribution in [-0.4, -0.2) is 23.0 Å². The molecule has 1 aromatic heterocycles. The van der Waals surface area contributed by atoms with Gasteiger partial charge in [0.2, 0.25) is 0 Å². The summed E-state index contributed by atoms with van der Waals surface area (Å²) < 4.78 is 0. The van der Waals surface area contributed by atoms with Gasteiger partial charge in [-0.1, -0.05) is 36.8 Å². The summed E-state index contributed by atoms with van der Waals surface area (Å²) in [6.45, 7) is 5.16. The molecule has 0 amide bonds. The first kappa shape index (κ1) is 15.7. The lowest BCUT2D eigenvalue weighted by Crippen LogP contribution is -2.38. The van der Waals surface area contributed by atoms with Crippen LogP contribution in [0, 0.1) is 6.92 Å². The summed E-state index contributed by atoms with van der Waals surface area (Å²) in [5, 5.41) is 0. The van der Waals surface area contributed by atoms with Gasteiger partial charge in [-0.3, -0.25) is 9.88 Å². The maximum Gasteiger partial charge on any atom is 0.0500 e. The van der Waals surface area contributed by atoms with Crippen LogP contribution in [0.3, 0.4) is 0 Å². The van der Waals surface area contributed by atoms with E-state index < -0.39 is 0 Å². The predicted molar refractivity (Wildman–Crippen MR) is 87.9 cm³/mol. The highest BCUT2D eigenvalue weighted by Crippen LogP contribution is 2.25. The van der Waals surface area contributed by atoms with Crippen molar-refractivity contribution in [3.63, 3.8) is 0 Å². The van der Waals surface area contributed by atoms with Crippen LogP contribution in [0.15, 0.2) is 48.8 Å². The molecule has 112 valence electrons. The fourth-order valence-electron chi connectivity index (χ4n) is 2.81. The standard InChI is InChI=1S/C18H25N3/c1-4-17(19)18(16-8-10-20-11-9-16)21(3)13-15-7-5-6-14(2)12-15/h5-12,17-18H,4,13,19H2,1-3H3. The number of rotatable bonds is 6. The number of aryl methyl sites for hydroxylation is 1. The van der Waals surface area contributed by atoms with E-state index >= 15 is 0 Å². The first-order chi connectivity index (χ1) is 10.1. The Hall–Kier alpha value is -1.71. The molecular formula is C18H25N3. The summed E-state index contributed by atoms with van der Waals surface area (Å²) in [5.74, 6) is 0. The summed E-state index contributed by atoms with van der Waals surface area (Å²) in [4.78, 5) is 6.44. The van der Waals surface area contributed by atoms with Gasteiger partial charge in [0.05, 0.1) is 6.04 Å². The smallest absolute Gasteiger partial charge is 0.0500 e. The second-order valence-corrected chi connectivity index (χ2v) is 5.70. The van der Waals surface area contributed by atoms with Gasteiger partial charge in [-0.2, -0.15) is 0 Å². The third-order valence-corrected chi connectivity index (χ3v) is 3.91. The number of benzene rings is 1. The van der Waals surface area contributed by atoms with E-state index in [0.717, 1.165) is 13.0 Å². The maximum atomic E-state index is 6.37. The van der Waals surface area contributed by atoms with Crippen molar-refractivity contribution in [2.75, 3.05) is 7.05 Å². The van der Waals surface area contributed by atoms with Crippen molar-refractivity contribution in [1.82, 2.24) is 9.88 Å². The average Bonchev–Trinajstić information content (AvgIpc) is 2.48. The summed E-state index contributed by atoms with van der Waals surface area (Å²) >= 11 is 0. The maximum absolute atomic E-state index is 6.37. The SMILES string of the molecule is CCC(N)C(c1ccncc1)N(C)Cc1cccc(C)c1. The van der Waals surface area contributed by atoms with Crippen LogP contribution in [-0.2, 0) is 6.54 Å². The molecule has 0 aliphatic heterocycles. The molecule has 3 nitrogen and oxygen atoms in total. The van der Waals surface area contributed by atoms with Gasteiger partial charge in [-0.25, -0.2) is 0 Å². The van der Waals surface area contributed by atoms with E-state index in [-0.39, 0.29) is 12.1 Å². The highest BCUT2D eigenvalue weighted by Gasteiger charge is 2.23. The van der Waals surface area contributed by atoms with E-state index in [1.165, 1.54) is 16.7 Å².